The van der Waals surface area contributed by atoms with Crippen molar-refractivity contribution in [3.05, 3.63) is 210 Å². The van der Waals surface area contributed by atoms with Crippen molar-refractivity contribution < 1.29 is 14.3 Å². The second kappa shape index (κ2) is 10.7. The lowest BCUT2D eigenvalue weighted by Gasteiger charge is -2.39. The molecule has 2 aliphatic rings. The molecule has 238 valence electrons. The van der Waals surface area contributed by atoms with Gasteiger partial charge in [-0.25, -0.2) is 0 Å². The quantitative estimate of drug-likeness (QED) is 0.185. The highest BCUT2D eigenvalue weighted by Crippen LogP contribution is 2.62. The Morgan fingerprint density at radius 1 is 0.451 bits per heavy atom. The molecule has 0 saturated carbocycles. The molecule has 0 N–H and O–H groups in total. The van der Waals surface area contributed by atoms with Crippen molar-refractivity contribution in [2.45, 2.75) is 5.41 Å². The Bertz CT molecular complexity index is 3180. The maximum absolute atomic E-state index is 10.0. The number of benzene rings is 8. The molecule has 0 amide bonds. The van der Waals surface area contributed by atoms with Crippen LogP contribution in [0.15, 0.2) is 188 Å². The summed E-state index contributed by atoms with van der Waals surface area (Å²) in [6.45, 7) is 0. The summed E-state index contributed by atoms with van der Waals surface area (Å²) in [5.74, 6) is -0.152. The van der Waals surface area contributed by atoms with Crippen molar-refractivity contribution in [2.75, 3.05) is 0 Å². The first-order valence-electron chi connectivity index (χ1n) is 20.5. The number of rotatable bonds is 3. The lowest BCUT2D eigenvalue weighted by Crippen LogP contribution is -2.32. The minimum atomic E-state index is -1.43. The van der Waals surface area contributed by atoms with Crippen LogP contribution < -0.4 is 4.74 Å². The second-order valence-electron chi connectivity index (χ2n) is 13.1. The van der Waals surface area contributed by atoms with Crippen molar-refractivity contribution in [3.8, 4) is 50.6 Å². The van der Waals surface area contributed by atoms with E-state index in [1.165, 1.54) is 0 Å². The zero-order chi connectivity index (χ0) is 39.6. The summed E-state index contributed by atoms with van der Waals surface area (Å²) in [5.41, 5.74) is 8.29. The first-order chi connectivity index (χ1) is 28.2. The van der Waals surface area contributed by atoms with Gasteiger partial charge in [0.05, 0.1) is 26.0 Å². The van der Waals surface area contributed by atoms with Gasteiger partial charge >= 0.3 is 0 Å². The molecule has 51 heavy (non-hydrogen) atoms. The number of hydrogen-bond acceptors (Lipinski definition) is 1. The normalized spacial score (nSPS) is 15.3. The van der Waals surface area contributed by atoms with E-state index in [4.69, 9.17) is 8.85 Å². The van der Waals surface area contributed by atoms with Gasteiger partial charge in [0.25, 0.3) is 0 Å². The smallest absolute Gasteiger partial charge is 0.132 e. The van der Waals surface area contributed by atoms with Gasteiger partial charge in [0, 0.05) is 27.6 Å². The summed E-state index contributed by atoms with van der Waals surface area (Å²) in [7, 11) is 0. The van der Waals surface area contributed by atoms with E-state index in [2.05, 4.69) is 59.2 Å². The minimum absolute atomic E-state index is 0.0385. The third-order valence-electron chi connectivity index (χ3n) is 10.5. The predicted molar refractivity (Wildman–Crippen MR) is 209 cm³/mol. The van der Waals surface area contributed by atoms with Crippen LogP contribution >= 0.6 is 0 Å². The van der Waals surface area contributed by atoms with E-state index in [0.29, 0.717) is 5.56 Å². The Morgan fingerprint density at radius 3 is 1.84 bits per heavy atom. The summed E-state index contributed by atoms with van der Waals surface area (Å²) in [5, 5.41) is 2.27. The van der Waals surface area contributed by atoms with Gasteiger partial charge in [0.2, 0.25) is 0 Å². The third kappa shape index (κ3) is 3.93. The number of nitrogens with zero attached hydrogens (tertiary/aromatic N) is 1. The fourth-order valence-electron chi connectivity index (χ4n) is 8.36. The Morgan fingerprint density at radius 2 is 1.06 bits per heavy atom. The number of aromatic nitrogens is 1. The van der Waals surface area contributed by atoms with Crippen LogP contribution in [0.2, 0.25) is 0 Å². The molecule has 2 nitrogen and oxygen atoms in total. The van der Waals surface area contributed by atoms with Gasteiger partial charge in [0.1, 0.15) is 11.5 Å². The number of para-hydroxylation sites is 3. The fraction of sp³-hybridized carbons (Fsp3) is 0.0204. The molecular formula is C49H31NO. The van der Waals surface area contributed by atoms with Crippen molar-refractivity contribution in [3.63, 3.8) is 0 Å². The molecule has 11 rings (SSSR count). The van der Waals surface area contributed by atoms with E-state index in [0.717, 1.165) is 60.9 Å². The zero-order valence-corrected chi connectivity index (χ0v) is 27.2. The molecule has 0 unspecified atom stereocenters. The van der Waals surface area contributed by atoms with E-state index in [-0.39, 0.29) is 58.4 Å². The summed E-state index contributed by atoms with van der Waals surface area (Å²) in [6.07, 6.45) is 0. The molecule has 0 bridgehead atoms. The molecule has 0 saturated heterocycles. The minimum Gasteiger partial charge on any atom is -0.457 e. The molecule has 0 atom stereocenters. The summed E-state index contributed by atoms with van der Waals surface area (Å²) >= 11 is 0. The first-order valence-corrected chi connectivity index (χ1v) is 17.0. The van der Waals surface area contributed by atoms with Crippen LogP contribution in [0.3, 0.4) is 0 Å². The third-order valence-corrected chi connectivity index (χ3v) is 10.5. The Labute approximate surface area is 306 Å². The molecule has 1 aliphatic heterocycles. The van der Waals surface area contributed by atoms with E-state index >= 15 is 0 Å². The van der Waals surface area contributed by atoms with E-state index in [9.17, 15) is 5.48 Å². The van der Waals surface area contributed by atoms with Crippen LogP contribution in [-0.2, 0) is 5.41 Å². The van der Waals surface area contributed by atoms with Gasteiger partial charge in [-0.1, -0.05) is 139 Å². The number of hydrogen-bond donors (Lipinski definition) is 0. The van der Waals surface area contributed by atoms with E-state index in [1.807, 2.05) is 91.0 Å². The van der Waals surface area contributed by atoms with Crippen molar-refractivity contribution in [2.24, 2.45) is 0 Å². The highest BCUT2D eigenvalue weighted by atomic mass is 16.5. The molecule has 1 aliphatic carbocycles. The zero-order valence-electron chi connectivity index (χ0n) is 34.2. The monoisotopic (exact) mass is 656 g/mol. The number of fused-ring (bicyclic) bond motifs is 12. The SMILES string of the molecule is [2H]c1c([2H])c([2H])c2c(c1[2H])Oc1c([2H])c([2H])c(-c3ccc(-c4ccc5c(c4)c4ccccc4n5-c4ccccc4)cc3)c([2H])c1C21c2ccccc2-c2ccccc21. The highest BCUT2D eigenvalue weighted by molar-refractivity contribution is 6.10. The van der Waals surface area contributed by atoms with Gasteiger partial charge in [-0.15, -0.1) is 0 Å². The average molecular weight is 657 g/mol. The van der Waals surface area contributed by atoms with Crippen LogP contribution in [0.25, 0.3) is 60.9 Å². The summed E-state index contributed by atoms with van der Waals surface area (Å²) < 4.78 is 73.0. The van der Waals surface area contributed by atoms with Gasteiger partial charge < -0.3 is 9.30 Å². The highest BCUT2D eigenvalue weighted by Gasteiger charge is 2.50. The maximum atomic E-state index is 10.0. The summed E-state index contributed by atoms with van der Waals surface area (Å²) in [4.78, 5) is 0. The average Bonchev–Trinajstić information content (AvgIpc) is 3.74. The fourth-order valence-corrected chi connectivity index (χ4v) is 8.36. The molecule has 1 spiro atoms. The Hall–Kier alpha value is -6.64. The van der Waals surface area contributed by atoms with Crippen LogP contribution in [0, 0.1) is 0 Å². The number of ether oxygens (including phenoxy) is 1. The molecule has 9 aromatic rings. The Kier molecular flexibility index (Phi) is 4.64. The van der Waals surface area contributed by atoms with Crippen molar-refractivity contribution >= 4 is 21.8 Å². The van der Waals surface area contributed by atoms with Crippen molar-refractivity contribution in [1.29, 1.82) is 0 Å². The summed E-state index contributed by atoms with van der Waals surface area (Å²) in [6, 6.07) is 46.3. The maximum Gasteiger partial charge on any atom is 0.132 e. The van der Waals surface area contributed by atoms with E-state index < -0.39 is 17.5 Å². The van der Waals surface area contributed by atoms with Crippen LogP contribution in [0.4, 0.5) is 0 Å². The molecule has 0 radical (unpaired) electrons. The van der Waals surface area contributed by atoms with Crippen LogP contribution in [0.5, 0.6) is 11.5 Å². The molecular weight excluding hydrogens is 619 g/mol. The lowest BCUT2D eigenvalue weighted by molar-refractivity contribution is 0.436. The molecule has 2 heteroatoms. The topological polar surface area (TPSA) is 14.2 Å². The molecule has 1 aromatic heterocycles. The predicted octanol–water partition coefficient (Wildman–Crippen LogP) is 12.6. The van der Waals surface area contributed by atoms with E-state index in [1.54, 1.807) is 0 Å². The largest absolute Gasteiger partial charge is 0.457 e. The Balaban J connectivity index is 1.12. The lowest BCUT2D eigenvalue weighted by atomic mass is 9.66. The molecule has 2 heterocycles. The second-order valence-corrected chi connectivity index (χ2v) is 13.1. The van der Waals surface area contributed by atoms with Gasteiger partial charge in [0.15, 0.2) is 0 Å². The van der Waals surface area contributed by atoms with Crippen LogP contribution in [0.1, 0.15) is 31.8 Å². The molecule has 8 aromatic carbocycles. The van der Waals surface area contributed by atoms with Crippen LogP contribution in [-0.4, -0.2) is 4.57 Å². The van der Waals surface area contributed by atoms with Gasteiger partial charge in [-0.05, 0) is 93.0 Å². The first kappa shape index (κ1) is 22.2. The molecule has 0 fully saturated rings. The standard InChI is InChI=1S/C49H31NO/c1-2-12-36(13-3-1)50-45-20-10-6-16-39(45)40-30-34(26-28-46(40)50)32-22-24-33(25-23-32)35-27-29-48-44(31-35)49(43-19-9-11-21-47(43)51-48)41-17-7-4-14-37(41)38-15-5-8-18-42(38)49/h1-31H/i9D,11D,19D,21D,27D,29D,31D. The van der Waals surface area contributed by atoms with Gasteiger partial charge in [-0.2, -0.15) is 0 Å². The van der Waals surface area contributed by atoms with Gasteiger partial charge in [-0.3, -0.25) is 0 Å². The van der Waals surface area contributed by atoms with Crippen molar-refractivity contribution in [1.82, 2.24) is 4.57 Å².